The maximum atomic E-state index is 2.58. The van der Waals surface area contributed by atoms with Crippen LogP contribution in [0, 0.1) is 13.8 Å². The average molecular weight is 320 g/mol. The van der Waals surface area contributed by atoms with Gasteiger partial charge in [-0.1, -0.05) is 66.2 Å². The van der Waals surface area contributed by atoms with Crippen LogP contribution < -0.4 is 0 Å². The molecular weight excluding hydrogens is 292 g/mol. The van der Waals surface area contributed by atoms with E-state index in [1.54, 1.807) is 0 Å². The van der Waals surface area contributed by atoms with Crippen LogP contribution in [-0.2, 0) is 6.54 Å². The summed E-state index contributed by atoms with van der Waals surface area (Å²) in [5.41, 5.74) is 5.53. The van der Waals surface area contributed by atoms with Crippen molar-refractivity contribution < 1.29 is 0 Å². The Morgan fingerprint density at radius 3 is 2.33 bits per heavy atom. The molecular formula is C22H28N2. The van der Waals surface area contributed by atoms with Crippen molar-refractivity contribution in [2.24, 2.45) is 0 Å². The van der Waals surface area contributed by atoms with Crippen molar-refractivity contribution in [3.05, 3.63) is 76.9 Å². The minimum atomic E-state index is 1.05. The van der Waals surface area contributed by atoms with E-state index in [1.807, 2.05) is 0 Å². The molecule has 24 heavy (non-hydrogen) atoms. The topological polar surface area (TPSA) is 6.48 Å². The van der Waals surface area contributed by atoms with E-state index in [9.17, 15) is 0 Å². The quantitative estimate of drug-likeness (QED) is 0.817. The molecule has 0 N–H and O–H groups in total. The maximum Gasteiger partial charge on any atom is 0.0237 e. The van der Waals surface area contributed by atoms with Crippen LogP contribution in [-0.4, -0.2) is 42.5 Å². The molecule has 1 aliphatic heterocycles. The van der Waals surface area contributed by atoms with Gasteiger partial charge < -0.3 is 0 Å². The average Bonchev–Trinajstić information content (AvgIpc) is 2.61. The third-order valence-corrected chi connectivity index (χ3v) is 4.84. The van der Waals surface area contributed by atoms with E-state index in [0.29, 0.717) is 0 Å². The minimum absolute atomic E-state index is 1.05. The molecule has 0 radical (unpaired) electrons. The zero-order valence-corrected chi connectivity index (χ0v) is 14.9. The monoisotopic (exact) mass is 320 g/mol. The summed E-state index contributed by atoms with van der Waals surface area (Å²) in [6.07, 6.45) is 4.51. The van der Waals surface area contributed by atoms with Gasteiger partial charge in [0.2, 0.25) is 0 Å². The van der Waals surface area contributed by atoms with Gasteiger partial charge in [-0.3, -0.25) is 9.80 Å². The summed E-state index contributed by atoms with van der Waals surface area (Å²) in [6, 6.07) is 17.3. The van der Waals surface area contributed by atoms with Gasteiger partial charge in [0.15, 0.2) is 0 Å². The molecule has 1 fully saturated rings. The molecule has 2 aromatic rings. The summed E-state index contributed by atoms with van der Waals surface area (Å²) in [6.45, 7) is 11.2. The van der Waals surface area contributed by atoms with Crippen molar-refractivity contribution in [1.82, 2.24) is 9.80 Å². The second-order valence-corrected chi connectivity index (χ2v) is 6.82. The molecule has 0 bridgehead atoms. The normalized spacial score (nSPS) is 16.8. The Morgan fingerprint density at radius 2 is 1.58 bits per heavy atom. The fourth-order valence-electron chi connectivity index (χ4n) is 3.24. The van der Waals surface area contributed by atoms with Gasteiger partial charge in [0, 0.05) is 39.3 Å². The summed E-state index contributed by atoms with van der Waals surface area (Å²) >= 11 is 0. The lowest BCUT2D eigenvalue weighted by molar-refractivity contribution is 0.137. The highest BCUT2D eigenvalue weighted by molar-refractivity contribution is 5.48. The summed E-state index contributed by atoms with van der Waals surface area (Å²) in [5.74, 6) is 0. The van der Waals surface area contributed by atoms with Crippen molar-refractivity contribution in [3.63, 3.8) is 0 Å². The van der Waals surface area contributed by atoms with Crippen LogP contribution in [0.15, 0.2) is 54.6 Å². The van der Waals surface area contributed by atoms with Crippen LogP contribution in [0.5, 0.6) is 0 Å². The lowest BCUT2D eigenvalue weighted by atomic mass is 10.0. The molecule has 0 aliphatic carbocycles. The Morgan fingerprint density at radius 1 is 0.875 bits per heavy atom. The Bertz CT molecular complexity index is 668. The van der Waals surface area contributed by atoms with E-state index in [0.717, 1.165) is 39.3 Å². The van der Waals surface area contributed by atoms with Crippen molar-refractivity contribution in [3.8, 4) is 0 Å². The van der Waals surface area contributed by atoms with E-state index < -0.39 is 0 Å². The Balaban J connectivity index is 1.46. The SMILES string of the molecule is Cc1ccc(C)c(CN2CCN(C/C=C/c3ccccc3)CC2)c1. The minimum Gasteiger partial charge on any atom is -0.297 e. The highest BCUT2D eigenvalue weighted by atomic mass is 15.3. The summed E-state index contributed by atoms with van der Waals surface area (Å²) in [4.78, 5) is 5.12. The number of piperazine rings is 1. The van der Waals surface area contributed by atoms with Crippen molar-refractivity contribution in [2.75, 3.05) is 32.7 Å². The van der Waals surface area contributed by atoms with Crippen molar-refractivity contribution in [2.45, 2.75) is 20.4 Å². The van der Waals surface area contributed by atoms with Gasteiger partial charge in [-0.05, 0) is 30.5 Å². The van der Waals surface area contributed by atoms with E-state index >= 15 is 0 Å². The third kappa shape index (κ3) is 4.80. The molecule has 2 heteroatoms. The van der Waals surface area contributed by atoms with Crippen LogP contribution >= 0.6 is 0 Å². The Hall–Kier alpha value is -1.90. The van der Waals surface area contributed by atoms with E-state index in [2.05, 4.69) is 84.3 Å². The molecule has 1 saturated heterocycles. The predicted molar refractivity (Wildman–Crippen MR) is 103 cm³/mol. The largest absolute Gasteiger partial charge is 0.297 e. The highest BCUT2D eigenvalue weighted by Crippen LogP contribution is 2.15. The van der Waals surface area contributed by atoms with E-state index in [1.165, 1.54) is 22.3 Å². The molecule has 0 unspecified atom stereocenters. The first kappa shape index (κ1) is 16.9. The summed E-state index contributed by atoms with van der Waals surface area (Å²) < 4.78 is 0. The second kappa shape index (κ2) is 8.27. The molecule has 0 amide bonds. The molecule has 3 rings (SSSR count). The molecule has 126 valence electrons. The number of aryl methyl sites for hydroxylation is 2. The number of hydrogen-bond acceptors (Lipinski definition) is 2. The van der Waals surface area contributed by atoms with Gasteiger partial charge >= 0.3 is 0 Å². The highest BCUT2D eigenvalue weighted by Gasteiger charge is 2.16. The summed E-state index contributed by atoms with van der Waals surface area (Å²) in [5, 5.41) is 0. The number of hydrogen-bond donors (Lipinski definition) is 0. The van der Waals surface area contributed by atoms with Crippen LogP contribution in [0.1, 0.15) is 22.3 Å². The third-order valence-electron chi connectivity index (χ3n) is 4.84. The molecule has 0 spiro atoms. The smallest absolute Gasteiger partial charge is 0.0237 e. The van der Waals surface area contributed by atoms with Gasteiger partial charge in [0.05, 0.1) is 0 Å². The standard InChI is InChI=1S/C22H28N2/c1-19-10-11-20(2)22(17-19)18-24-15-13-23(14-16-24)12-6-9-21-7-4-3-5-8-21/h3-11,17H,12-16,18H2,1-2H3/b9-6+. The van der Waals surface area contributed by atoms with Crippen LogP contribution in [0.2, 0.25) is 0 Å². The van der Waals surface area contributed by atoms with Crippen molar-refractivity contribution in [1.29, 1.82) is 0 Å². The van der Waals surface area contributed by atoms with Gasteiger partial charge in [0.1, 0.15) is 0 Å². The number of nitrogens with zero attached hydrogens (tertiary/aromatic N) is 2. The molecule has 0 atom stereocenters. The Kier molecular flexibility index (Phi) is 5.84. The first-order chi connectivity index (χ1) is 11.7. The van der Waals surface area contributed by atoms with Crippen LogP contribution in [0.3, 0.4) is 0 Å². The molecule has 2 aromatic carbocycles. The number of benzene rings is 2. The molecule has 0 aromatic heterocycles. The maximum absolute atomic E-state index is 2.58. The predicted octanol–water partition coefficient (Wildman–Crippen LogP) is 4.13. The fourth-order valence-corrected chi connectivity index (χ4v) is 3.24. The van der Waals surface area contributed by atoms with E-state index in [4.69, 9.17) is 0 Å². The van der Waals surface area contributed by atoms with Crippen LogP contribution in [0.25, 0.3) is 6.08 Å². The zero-order valence-electron chi connectivity index (χ0n) is 14.9. The lowest BCUT2D eigenvalue weighted by Gasteiger charge is -2.34. The summed E-state index contributed by atoms with van der Waals surface area (Å²) in [7, 11) is 0. The van der Waals surface area contributed by atoms with Gasteiger partial charge in [-0.25, -0.2) is 0 Å². The van der Waals surface area contributed by atoms with Crippen LogP contribution in [0.4, 0.5) is 0 Å². The van der Waals surface area contributed by atoms with Gasteiger partial charge in [-0.15, -0.1) is 0 Å². The molecule has 2 nitrogen and oxygen atoms in total. The first-order valence-corrected chi connectivity index (χ1v) is 8.93. The zero-order chi connectivity index (χ0) is 16.8. The Labute approximate surface area is 146 Å². The number of rotatable bonds is 5. The first-order valence-electron chi connectivity index (χ1n) is 8.93. The van der Waals surface area contributed by atoms with Gasteiger partial charge in [0.25, 0.3) is 0 Å². The lowest BCUT2D eigenvalue weighted by Crippen LogP contribution is -2.45. The molecule has 1 aliphatic rings. The van der Waals surface area contributed by atoms with Crippen molar-refractivity contribution >= 4 is 6.08 Å². The fraction of sp³-hybridized carbons (Fsp3) is 0.364. The second-order valence-electron chi connectivity index (χ2n) is 6.82. The molecule has 0 saturated carbocycles. The van der Waals surface area contributed by atoms with E-state index in [-0.39, 0.29) is 0 Å². The molecule has 1 heterocycles. The van der Waals surface area contributed by atoms with Gasteiger partial charge in [-0.2, -0.15) is 0 Å².